The molecule has 4 rings (SSSR count). The van der Waals surface area contributed by atoms with E-state index in [0.29, 0.717) is 29.6 Å². The number of hydrogen-bond acceptors (Lipinski definition) is 6. The maximum Gasteiger partial charge on any atom is 0.434 e. The van der Waals surface area contributed by atoms with Crippen LogP contribution in [0.1, 0.15) is 42.7 Å². The van der Waals surface area contributed by atoms with Crippen molar-refractivity contribution in [1.29, 1.82) is 0 Å². The second-order valence-electron chi connectivity index (χ2n) is 8.20. The number of carbonyl (C=O) groups excluding carboxylic acids is 1. The number of alkyl halides is 3. The lowest BCUT2D eigenvalue weighted by Gasteiger charge is -2.36. The molecule has 0 spiro atoms. The Morgan fingerprint density at radius 3 is 2.47 bits per heavy atom. The summed E-state index contributed by atoms with van der Waals surface area (Å²) in [5, 5.41) is 2.88. The smallest absolute Gasteiger partial charge is 0.346 e. The second-order valence-corrected chi connectivity index (χ2v) is 8.20. The Morgan fingerprint density at radius 1 is 1.13 bits per heavy atom. The Morgan fingerprint density at radius 2 is 1.83 bits per heavy atom. The normalized spacial score (nSPS) is 23.6. The van der Waals surface area contributed by atoms with Crippen LogP contribution in [0.2, 0.25) is 0 Å². The third kappa shape index (κ3) is 3.95. The van der Waals surface area contributed by atoms with Crippen molar-refractivity contribution in [3.05, 3.63) is 35.3 Å². The lowest BCUT2D eigenvalue weighted by molar-refractivity contribution is -0.141. The maximum absolute atomic E-state index is 12.6. The number of halogens is 3. The summed E-state index contributed by atoms with van der Waals surface area (Å²) < 4.78 is 37.7. The highest BCUT2D eigenvalue weighted by molar-refractivity contribution is 6.02. The van der Waals surface area contributed by atoms with Gasteiger partial charge in [-0.3, -0.25) is 9.78 Å². The summed E-state index contributed by atoms with van der Waals surface area (Å²) in [6.07, 6.45) is 0.811. The van der Waals surface area contributed by atoms with Crippen LogP contribution in [0.5, 0.6) is 0 Å². The molecule has 7 nitrogen and oxygen atoms in total. The fraction of sp³-hybridized carbons (Fsp3) is 0.550. The van der Waals surface area contributed by atoms with Crippen LogP contribution in [-0.4, -0.2) is 38.9 Å². The summed E-state index contributed by atoms with van der Waals surface area (Å²) in [4.78, 5) is 30.5. The highest BCUT2D eigenvalue weighted by atomic mass is 19.4. The fourth-order valence-corrected chi connectivity index (χ4v) is 4.06. The van der Waals surface area contributed by atoms with Gasteiger partial charge in [-0.25, -0.2) is 15.0 Å². The molecule has 1 atom stereocenters. The van der Waals surface area contributed by atoms with Gasteiger partial charge in [0, 0.05) is 19.7 Å². The van der Waals surface area contributed by atoms with Crippen molar-refractivity contribution in [2.24, 2.45) is 11.8 Å². The van der Waals surface area contributed by atoms with Gasteiger partial charge in [0.1, 0.15) is 17.6 Å². The third-order valence-corrected chi connectivity index (χ3v) is 5.96. The molecule has 0 radical (unpaired) electrons. The van der Waals surface area contributed by atoms with Crippen molar-refractivity contribution in [1.82, 2.24) is 19.9 Å². The topological polar surface area (TPSA) is 83.9 Å². The number of hydrogen-bond donors (Lipinski definition) is 1. The number of amides is 1. The molecule has 1 aliphatic heterocycles. The average Bonchev–Trinajstić information content (AvgIpc) is 2.65. The summed E-state index contributed by atoms with van der Waals surface area (Å²) in [6, 6.07) is -0.294. The van der Waals surface area contributed by atoms with Gasteiger partial charge in [-0.1, -0.05) is 0 Å². The number of aryl methyl sites for hydroxylation is 1. The van der Waals surface area contributed by atoms with E-state index in [4.69, 9.17) is 0 Å². The van der Waals surface area contributed by atoms with Crippen LogP contribution in [-0.2, 0) is 23.8 Å². The zero-order valence-corrected chi connectivity index (χ0v) is 17.0. The van der Waals surface area contributed by atoms with Crippen LogP contribution >= 0.6 is 0 Å². The van der Waals surface area contributed by atoms with Crippen LogP contribution in [0.25, 0.3) is 0 Å². The molecule has 2 aliphatic rings. The Kier molecular flexibility index (Phi) is 5.11. The van der Waals surface area contributed by atoms with Gasteiger partial charge in [0.25, 0.3) is 0 Å². The largest absolute Gasteiger partial charge is 0.434 e. The predicted molar refractivity (Wildman–Crippen MR) is 104 cm³/mol. The average molecular weight is 420 g/mol. The van der Waals surface area contributed by atoms with E-state index in [1.807, 2.05) is 25.8 Å². The predicted octanol–water partition coefficient (Wildman–Crippen LogP) is 3.18. The maximum atomic E-state index is 12.6. The molecule has 1 fully saturated rings. The quantitative estimate of drug-likeness (QED) is 0.818. The van der Waals surface area contributed by atoms with Crippen LogP contribution < -0.4 is 10.2 Å². The van der Waals surface area contributed by atoms with Gasteiger partial charge < -0.3 is 10.2 Å². The molecule has 2 aromatic heterocycles. The fourth-order valence-electron chi connectivity index (χ4n) is 4.06. The van der Waals surface area contributed by atoms with E-state index in [1.54, 1.807) is 0 Å². The number of nitrogens with one attached hydrogen (secondary N) is 1. The van der Waals surface area contributed by atoms with Gasteiger partial charge in [0.05, 0.1) is 17.6 Å². The molecule has 0 aromatic carbocycles. The number of carbonyl (C=O) groups is 1. The van der Waals surface area contributed by atoms with Crippen molar-refractivity contribution in [3.63, 3.8) is 0 Å². The van der Waals surface area contributed by atoms with Crippen molar-refractivity contribution in [2.45, 2.75) is 51.7 Å². The zero-order chi connectivity index (χ0) is 21.6. The Hall–Kier alpha value is -2.78. The molecule has 0 unspecified atom stereocenters. The Balaban J connectivity index is 1.35. The lowest BCUT2D eigenvalue weighted by atomic mass is 9.71. The molecular formula is C20H23F3N6O. The van der Waals surface area contributed by atoms with Gasteiger partial charge in [-0.2, -0.15) is 13.2 Å². The van der Waals surface area contributed by atoms with E-state index >= 15 is 0 Å². The zero-order valence-electron chi connectivity index (χ0n) is 17.0. The van der Waals surface area contributed by atoms with Crippen molar-refractivity contribution in [2.75, 3.05) is 17.3 Å². The second kappa shape index (κ2) is 7.48. The Bertz CT molecular complexity index is 956. The first-order valence-corrected chi connectivity index (χ1v) is 9.91. The first-order valence-electron chi connectivity index (χ1n) is 9.91. The summed E-state index contributed by atoms with van der Waals surface area (Å²) in [5.74, 6) is 2.22. The number of fused-ring (bicyclic) bond motifs is 1. The highest BCUT2D eigenvalue weighted by Gasteiger charge is 2.35. The van der Waals surface area contributed by atoms with Crippen LogP contribution in [0.4, 0.5) is 24.7 Å². The summed E-state index contributed by atoms with van der Waals surface area (Å²) >= 11 is 0. The standard InChI is InChI=1S/C20H23F3N6O/c1-10-17-18(29(3)11(2)19(30)28-17)27-16(26-10)7-13-4-12(5-13)6-14-8-25-15(9-24-14)20(21,22)23/h8-9,11-13H,4-7H2,1-3H3,(H,28,30)/t11-,12?,13?/m0/s1. The molecule has 10 heteroatoms. The van der Waals surface area contributed by atoms with Crippen molar-refractivity contribution < 1.29 is 18.0 Å². The van der Waals surface area contributed by atoms with Gasteiger partial charge in [0.2, 0.25) is 5.91 Å². The minimum atomic E-state index is -4.46. The third-order valence-electron chi connectivity index (χ3n) is 5.96. The molecule has 3 heterocycles. The molecule has 1 saturated carbocycles. The number of likely N-dealkylation sites (N-methyl/N-ethyl adjacent to an activating group) is 1. The summed E-state index contributed by atoms with van der Waals surface area (Å²) in [7, 11) is 1.85. The molecular weight excluding hydrogens is 397 g/mol. The molecule has 0 bridgehead atoms. The van der Waals surface area contributed by atoms with Gasteiger partial charge in [0.15, 0.2) is 11.5 Å². The first-order chi connectivity index (χ1) is 14.1. The van der Waals surface area contributed by atoms with Crippen molar-refractivity contribution in [3.8, 4) is 0 Å². The van der Waals surface area contributed by atoms with Crippen molar-refractivity contribution >= 4 is 17.4 Å². The molecule has 1 N–H and O–H groups in total. The highest BCUT2D eigenvalue weighted by Crippen LogP contribution is 2.39. The van der Waals surface area contributed by atoms with Crippen LogP contribution in [0.3, 0.4) is 0 Å². The minimum Gasteiger partial charge on any atom is -0.346 e. The lowest BCUT2D eigenvalue weighted by Crippen LogP contribution is -2.45. The van der Waals surface area contributed by atoms with E-state index in [0.717, 1.165) is 42.8 Å². The molecule has 160 valence electrons. The van der Waals surface area contributed by atoms with E-state index in [-0.39, 0.29) is 11.9 Å². The molecule has 2 aromatic rings. The minimum absolute atomic E-state index is 0.0716. The number of anilines is 2. The molecule has 0 saturated heterocycles. The monoisotopic (exact) mass is 420 g/mol. The summed E-state index contributed by atoms with van der Waals surface area (Å²) in [6.45, 7) is 3.69. The van der Waals surface area contributed by atoms with Crippen LogP contribution in [0, 0.1) is 18.8 Å². The van der Waals surface area contributed by atoms with E-state index in [1.165, 1.54) is 6.20 Å². The van der Waals surface area contributed by atoms with E-state index in [2.05, 4.69) is 25.3 Å². The van der Waals surface area contributed by atoms with Gasteiger partial charge >= 0.3 is 6.18 Å². The van der Waals surface area contributed by atoms with Gasteiger partial charge in [-0.15, -0.1) is 0 Å². The first kappa shape index (κ1) is 20.5. The van der Waals surface area contributed by atoms with Crippen LogP contribution in [0.15, 0.2) is 12.4 Å². The molecule has 1 aliphatic carbocycles. The van der Waals surface area contributed by atoms with Gasteiger partial charge in [-0.05, 0) is 44.9 Å². The van der Waals surface area contributed by atoms with E-state index in [9.17, 15) is 18.0 Å². The molecule has 30 heavy (non-hydrogen) atoms. The summed E-state index contributed by atoms with van der Waals surface area (Å²) in [5.41, 5.74) is 1.03. The number of aromatic nitrogens is 4. The number of rotatable bonds is 4. The number of nitrogens with zero attached hydrogens (tertiary/aromatic N) is 5. The SMILES string of the molecule is Cc1nc(CC2CC(Cc3cnc(C(F)(F)F)cn3)C2)nc2c1NC(=O)[C@H](C)N2C. The Labute approximate surface area is 172 Å². The molecule has 1 amide bonds. The van der Waals surface area contributed by atoms with E-state index < -0.39 is 11.9 Å².